The van der Waals surface area contributed by atoms with Crippen LogP contribution in [0.4, 0.5) is 8.78 Å². The molecule has 1 aromatic carbocycles. The number of H-pyrrole nitrogens is 1. The number of fused-ring (bicyclic) bond motifs is 1. The first-order valence-corrected chi connectivity index (χ1v) is 4.28. The van der Waals surface area contributed by atoms with Crippen LogP contribution in [0.3, 0.4) is 0 Å². The predicted octanol–water partition coefficient (Wildman–Crippen LogP) is 2.17. The number of aromatic nitrogens is 1. The van der Waals surface area contributed by atoms with Gasteiger partial charge in [0, 0.05) is 0 Å². The summed E-state index contributed by atoms with van der Waals surface area (Å²) in [5.74, 6) is -3.36. The average Bonchev–Trinajstić information content (AvgIpc) is 2.20. The molecule has 0 spiro atoms. The first-order chi connectivity index (χ1) is 7.02. The van der Waals surface area contributed by atoms with E-state index in [1.807, 2.05) is 0 Å². The highest BCUT2D eigenvalue weighted by molar-refractivity contribution is 6.35. The van der Waals surface area contributed by atoms with Gasteiger partial charge in [-0.1, -0.05) is 11.6 Å². The fourth-order valence-corrected chi connectivity index (χ4v) is 1.48. The van der Waals surface area contributed by atoms with Crippen molar-refractivity contribution < 1.29 is 13.9 Å². The van der Waals surface area contributed by atoms with Crippen LogP contribution < -0.4 is 5.56 Å². The van der Waals surface area contributed by atoms with Gasteiger partial charge in [-0.3, -0.25) is 4.79 Å². The van der Waals surface area contributed by atoms with Crippen LogP contribution in [0.2, 0.25) is 5.02 Å². The molecule has 0 radical (unpaired) electrons. The van der Waals surface area contributed by atoms with Gasteiger partial charge in [0.2, 0.25) is 5.75 Å². The van der Waals surface area contributed by atoms with Gasteiger partial charge in [-0.05, 0) is 12.1 Å². The summed E-state index contributed by atoms with van der Waals surface area (Å²) in [5, 5.41) is 8.47. The second-order valence-electron chi connectivity index (χ2n) is 2.90. The molecule has 3 nitrogen and oxygen atoms in total. The molecule has 0 atom stereocenters. The number of rotatable bonds is 0. The van der Waals surface area contributed by atoms with Crippen molar-refractivity contribution >= 4 is 22.5 Å². The maximum atomic E-state index is 13.3. The molecular formula is C9H4ClF2NO2. The van der Waals surface area contributed by atoms with E-state index < -0.39 is 28.3 Å². The highest BCUT2D eigenvalue weighted by atomic mass is 35.5. The first-order valence-electron chi connectivity index (χ1n) is 3.91. The number of aromatic amines is 1. The summed E-state index contributed by atoms with van der Waals surface area (Å²) in [6.07, 6.45) is 0. The summed E-state index contributed by atoms with van der Waals surface area (Å²) in [4.78, 5) is 13.1. The lowest BCUT2D eigenvalue weighted by Crippen LogP contribution is -2.08. The lowest BCUT2D eigenvalue weighted by molar-refractivity contribution is 0.426. The molecule has 0 saturated carbocycles. The lowest BCUT2D eigenvalue weighted by atomic mass is 10.2. The Hall–Kier alpha value is -1.62. The molecule has 0 aliphatic carbocycles. The monoisotopic (exact) mass is 231 g/mol. The third-order valence-corrected chi connectivity index (χ3v) is 2.30. The minimum Gasteiger partial charge on any atom is -0.501 e. The SMILES string of the molecule is O=c1[nH]c2c(Cl)ccc(F)c2c(F)c1O. The largest absolute Gasteiger partial charge is 0.501 e. The standard InChI is InChI=1S/C9H4ClF2NO2/c10-3-1-2-4(11)5-6(12)8(14)9(15)13-7(3)5/h1-2,14H,(H,13,15). The van der Waals surface area contributed by atoms with Crippen LogP contribution in [0.5, 0.6) is 5.75 Å². The number of hydrogen-bond donors (Lipinski definition) is 2. The van der Waals surface area contributed by atoms with E-state index in [2.05, 4.69) is 4.98 Å². The van der Waals surface area contributed by atoms with Gasteiger partial charge < -0.3 is 10.1 Å². The predicted molar refractivity (Wildman–Crippen MR) is 51.2 cm³/mol. The summed E-state index contributed by atoms with van der Waals surface area (Å²) in [6, 6.07) is 2.14. The fourth-order valence-electron chi connectivity index (χ4n) is 1.28. The van der Waals surface area contributed by atoms with Crippen molar-refractivity contribution in [2.75, 3.05) is 0 Å². The van der Waals surface area contributed by atoms with Crippen LogP contribution >= 0.6 is 11.6 Å². The lowest BCUT2D eigenvalue weighted by Gasteiger charge is -2.03. The van der Waals surface area contributed by atoms with E-state index in [4.69, 9.17) is 16.7 Å². The van der Waals surface area contributed by atoms with Crippen molar-refractivity contribution in [1.29, 1.82) is 0 Å². The number of pyridine rings is 1. The van der Waals surface area contributed by atoms with Crippen molar-refractivity contribution in [3.05, 3.63) is 39.1 Å². The molecule has 78 valence electrons. The highest BCUT2D eigenvalue weighted by Crippen LogP contribution is 2.27. The number of benzene rings is 1. The molecule has 2 rings (SSSR count). The van der Waals surface area contributed by atoms with Crippen LogP contribution in [0.15, 0.2) is 16.9 Å². The Labute approximate surface area is 86.9 Å². The van der Waals surface area contributed by atoms with Gasteiger partial charge in [-0.15, -0.1) is 0 Å². The summed E-state index contributed by atoms with van der Waals surface area (Å²) < 4.78 is 26.5. The molecule has 1 aromatic heterocycles. The van der Waals surface area contributed by atoms with Crippen LogP contribution in [0, 0.1) is 11.6 Å². The normalized spacial score (nSPS) is 10.9. The molecule has 0 aliphatic rings. The topological polar surface area (TPSA) is 53.1 Å². The summed E-state index contributed by atoms with van der Waals surface area (Å²) in [6.45, 7) is 0. The zero-order valence-corrected chi connectivity index (χ0v) is 7.90. The quantitative estimate of drug-likeness (QED) is 0.730. The van der Waals surface area contributed by atoms with Crippen LogP contribution in [0.25, 0.3) is 10.9 Å². The van der Waals surface area contributed by atoms with Gasteiger partial charge in [0.25, 0.3) is 5.56 Å². The van der Waals surface area contributed by atoms with Crippen LogP contribution in [-0.2, 0) is 0 Å². The summed E-state index contributed by atoms with van der Waals surface area (Å²) >= 11 is 5.64. The zero-order chi connectivity index (χ0) is 11.2. The van der Waals surface area contributed by atoms with Gasteiger partial charge >= 0.3 is 0 Å². The number of nitrogens with one attached hydrogen (secondary N) is 1. The Balaban J connectivity index is 3.11. The zero-order valence-electron chi connectivity index (χ0n) is 7.14. The molecule has 0 fully saturated rings. The first kappa shape index (κ1) is 9.92. The molecule has 0 bridgehead atoms. The van der Waals surface area contributed by atoms with E-state index in [-0.39, 0.29) is 10.5 Å². The Morgan fingerprint density at radius 1 is 1.33 bits per heavy atom. The molecule has 2 N–H and O–H groups in total. The van der Waals surface area contributed by atoms with Gasteiger partial charge in [0.15, 0.2) is 5.82 Å². The van der Waals surface area contributed by atoms with Crippen molar-refractivity contribution in [1.82, 2.24) is 4.98 Å². The van der Waals surface area contributed by atoms with Crippen LogP contribution in [0.1, 0.15) is 0 Å². The highest BCUT2D eigenvalue weighted by Gasteiger charge is 2.16. The Morgan fingerprint density at radius 2 is 2.00 bits per heavy atom. The molecule has 1 heterocycles. The summed E-state index contributed by atoms with van der Waals surface area (Å²) in [7, 11) is 0. The molecule has 0 aliphatic heterocycles. The van der Waals surface area contributed by atoms with Gasteiger partial charge in [0.05, 0.1) is 15.9 Å². The third-order valence-electron chi connectivity index (χ3n) is 1.98. The maximum Gasteiger partial charge on any atom is 0.293 e. The van der Waals surface area contributed by atoms with E-state index in [9.17, 15) is 13.6 Å². The number of hydrogen-bond acceptors (Lipinski definition) is 2. The number of aromatic hydroxyl groups is 1. The second kappa shape index (κ2) is 3.20. The molecule has 2 aromatic rings. The van der Waals surface area contributed by atoms with E-state index in [1.54, 1.807) is 0 Å². The molecule has 15 heavy (non-hydrogen) atoms. The van der Waals surface area contributed by atoms with E-state index in [0.717, 1.165) is 6.07 Å². The van der Waals surface area contributed by atoms with Crippen molar-refractivity contribution in [3.8, 4) is 5.75 Å². The Bertz CT molecular complexity index is 609. The molecule has 0 unspecified atom stereocenters. The maximum absolute atomic E-state index is 13.3. The van der Waals surface area contributed by atoms with Crippen molar-refractivity contribution in [2.45, 2.75) is 0 Å². The third kappa shape index (κ3) is 1.35. The van der Waals surface area contributed by atoms with Crippen molar-refractivity contribution in [3.63, 3.8) is 0 Å². The summed E-state index contributed by atoms with van der Waals surface area (Å²) in [5.41, 5.74) is -1.22. The average molecular weight is 232 g/mol. The van der Waals surface area contributed by atoms with Gasteiger partial charge in [-0.2, -0.15) is 0 Å². The smallest absolute Gasteiger partial charge is 0.293 e. The minimum absolute atomic E-state index is 0.00222. The van der Waals surface area contributed by atoms with E-state index >= 15 is 0 Å². The van der Waals surface area contributed by atoms with Gasteiger partial charge in [0.1, 0.15) is 5.82 Å². The number of halogens is 3. The molecule has 0 saturated heterocycles. The van der Waals surface area contributed by atoms with E-state index in [0.29, 0.717) is 0 Å². The molecular weight excluding hydrogens is 228 g/mol. The van der Waals surface area contributed by atoms with Crippen molar-refractivity contribution in [2.24, 2.45) is 0 Å². The fraction of sp³-hybridized carbons (Fsp3) is 0. The minimum atomic E-state index is -1.31. The van der Waals surface area contributed by atoms with E-state index in [1.165, 1.54) is 6.07 Å². The Kier molecular flexibility index (Phi) is 2.12. The van der Waals surface area contributed by atoms with Gasteiger partial charge in [-0.25, -0.2) is 8.78 Å². The molecule has 0 amide bonds. The molecule has 6 heteroatoms. The Morgan fingerprint density at radius 3 is 2.67 bits per heavy atom. The second-order valence-corrected chi connectivity index (χ2v) is 3.30. The van der Waals surface area contributed by atoms with Crippen LogP contribution in [-0.4, -0.2) is 10.1 Å².